The summed E-state index contributed by atoms with van der Waals surface area (Å²) in [5.41, 5.74) is 7.09. The minimum atomic E-state index is -4.05. The van der Waals surface area contributed by atoms with Crippen LogP contribution in [0.3, 0.4) is 0 Å². The summed E-state index contributed by atoms with van der Waals surface area (Å²) in [7, 11) is -4.05. The van der Waals surface area contributed by atoms with Gasteiger partial charge in [-0.1, -0.05) is 44.2 Å². The number of benzene rings is 2. The highest BCUT2D eigenvalue weighted by molar-refractivity contribution is 7.89. The number of nitrogens with zero attached hydrogens (tertiary/aromatic N) is 1. The Balaban J connectivity index is 2.26. The second-order valence-electron chi connectivity index (χ2n) is 8.30. The number of aromatic hydroxyl groups is 1. The smallest absolute Gasteiger partial charge is 0.319 e. The monoisotopic (exact) mass is 478 g/mol. The summed E-state index contributed by atoms with van der Waals surface area (Å²) in [5.74, 6) is -0.275. The third kappa shape index (κ3) is 7.71. The summed E-state index contributed by atoms with van der Waals surface area (Å²) in [4.78, 5) is 11.7. The van der Waals surface area contributed by atoms with Gasteiger partial charge in [-0.15, -0.1) is 0 Å². The van der Waals surface area contributed by atoms with E-state index >= 15 is 0 Å². The van der Waals surface area contributed by atoms with E-state index in [0.717, 1.165) is 5.56 Å². The van der Waals surface area contributed by atoms with Gasteiger partial charge in [0.05, 0.1) is 16.7 Å². The van der Waals surface area contributed by atoms with Gasteiger partial charge in [0.15, 0.2) is 0 Å². The molecule has 6 N–H and O–H groups in total. The first-order valence-corrected chi connectivity index (χ1v) is 12.3. The summed E-state index contributed by atoms with van der Waals surface area (Å²) < 4.78 is 28.0. The van der Waals surface area contributed by atoms with E-state index in [0.29, 0.717) is 13.0 Å². The number of carbonyl (C=O) groups excluding carboxylic acids is 1. The van der Waals surface area contributed by atoms with E-state index in [4.69, 9.17) is 5.73 Å². The molecule has 2 aromatic rings. The van der Waals surface area contributed by atoms with E-state index in [1.54, 1.807) is 6.92 Å². The summed E-state index contributed by atoms with van der Waals surface area (Å²) >= 11 is 0. The van der Waals surface area contributed by atoms with Gasteiger partial charge in [0.2, 0.25) is 10.0 Å². The number of aliphatic hydroxyl groups is 1. The van der Waals surface area contributed by atoms with Crippen LogP contribution in [0.15, 0.2) is 53.4 Å². The number of sulfonamides is 1. The lowest BCUT2D eigenvalue weighted by Gasteiger charge is -2.29. The molecule has 9 nitrogen and oxygen atoms in total. The highest BCUT2D eigenvalue weighted by atomic mass is 32.2. The molecular weight excluding hydrogens is 444 g/mol. The van der Waals surface area contributed by atoms with Crippen molar-refractivity contribution >= 4 is 21.7 Å². The van der Waals surface area contributed by atoms with Gasteiger partial charge in [0.1, 0.15) is 5.75 Å². The molecule has 2 unspecified atom stereocenters. The minimum absolute atomic E-state index is 0.0117. The molecule has 2 amide bonds. The lowest BCUT2D eigenvalue weighted by atomic mass is 10.0. The Morgan fingerprint density at radius 2 is 1.79 bits per heavy atom. The highest BCUT2D eigenvalue weighted by Crippen LogP contribution is 2.28. The number of aliphatic hydroxyl groups excluding tert-OH is 1. The lowest BCUT2D eigenvalue weighted by Crippen LogP contribution is -2.47. The lowest BCUT2D eigenvalue weighted by molar-refractivity contribution is 0.116. The molecule has 0 bridgehead atoms. The Morgan fingerprint density at radius 1 is 1.12 bits per heavy atom. The van der Waals surface area contributed by atoms with Crippen LogP contribution in [0.2, 0.25) is 0 Å². The zero-order valence-corrected chi connectivity index (χ0v) is 20.0. The maximum absolute atomic E-state index is 13.4. The molecule has 2 aromatic carbocycles. The molecule has 0 spiro atoms. The molecular formula is C23H34N4O5S. The number of carbonyl (C=O) groups is 1. The second kappa shape index (κ2) is 12.0. The molecule has 0 radical (unpaired) electrons. The number of urea groups is 1. The van der Waals surface area contributed by atoms with Crippen LogP contribution >= 0.6 is 0 Å². The maximum Gasteiger partial charge on any atom is 0.319 e. The van der Waals surface area contributed by atoms with E-state index < -0.39 is 28.2 Å². The van der Waals surface area contributed by atoms with Crippen molar-refractivity contribution < 1.29 is 23.4 Å². The standard InChI is InChI=1S/C23H34N4O5S/c1-4-25-23(30)26-20-13-18(10-11-21(20)28)33(31,32)27(14-16(2)3)15-22(29)19(24)12-17-8-6-5-7-9-17/h5-11,13,16,19,22,28-29H,4,12,14-15,24H2,1-3H3,(H2,25,26,30). The fraction of sp³-hybridized carbons (Fsp3) is 0.435. The number of nitrogens with two attached hydrogens (primary N) is 1. The SMILES string of the molecule is CCNC(=O)Nc1cc(S(=O)(=O)N(CC(C)C)CC(O)C(N)Cc2ccccc2)ccc1O. The predicted octanol–water partition coefficient (Wildman–Crippen LogP) is 2.11. The van der Waals surface area contributed by atoms with Crippen LogP contribution in [0.4, 0.5) is 10.5 Å². The average molecular weight is 479 g/mol. The summed E-state index contributed by atoms with van der Waals surface area (Å²) in [6.07, 6.45) is -0.694. The molecule has 0 aliphatic carbocycles. The molecule has 0 fully saturated rings. The van der Waals surface area contributed by atoms with E-state index in [1.165, 1.54) is 22.5 Å². The topological polar surface area (TPSA) is 145 Å². The van der Waals surface area contributed by atoms with E-state index in [2.05, 4.69) is 10.6 Å². The summed E-state index contributed by atoms with van der Waals surface area (Å²) in [6.45, 7) is 5.83. The number of phenolic OH excluding ortho intramolecular Hbond substituents is 1. The van der Waals surface area contributed by atoms with Crippen LogP contribution in [-0.2, 0) is 16.4 Å². The van der Waals surface area contributed by atoms with Crippen molar-refractivity contribution in [2.75, 3.05) is 25.0 Å². The van der Waals surface area contributed by atoms with E-state index in [-0.39, 0.29) is 35.3 Å². The Hall–Kier alpha value is -2.66. The van der Waals surface area contributed by atoms with Crippen molar-refractivity contribution in [3.05, 3.63) is 54.1 Å². The number of hydrogen-bond donors (Lipinski definition) is 5. The zero-order valence-electron chi connectivity index (χ0n) is 19.2. The van der Waals surface area contributed by atoms with Crippen LogP contribution in [-0.4, -0.2) is 60.7 Å². The summed E-state index contributed by atoms with van der Waals surface area (Å²) in [6, 6.07) is 11.9. The minimum Gasteiger partial charge on any atom is -0.506 e. The number of rotatable bonds is 11. The van der Waals surface area contributed by atoms with Gasteiger partial charge in [-0.05, 0) is 43.0 Å². The quantitative estimate of drug-likeness (QED) is 0.313. The number of anilines is 1. The molecule has 10 heteroatoms. The highest BCUT2D eigenvalue weighted by Gasteiger charge is 2.30. The molecule has 0 saturated carbocycles. The number of amides is 2. The molecule has 2 rings (SSSR count). The third-order valence-corrected chi connectivity index (χ3v) is 6.79. The van der Waals surface area contributed by atoms with Crippen molar-refractivity contribution in [2.45, 2.75) is 44.2 Å². The average Bonchev–Trinajstić information content (AvgIpc) is 2.75. The molecule has 182 valence electrons. The molecule has 33 heavy (non-hydrogen) atoms. The Morgan fingerprint density at radius 3 is 2.39 bits per heavy atom. The Kier molecular flexibility index (Phi) is 9.66. The molecule has 0 aromatic heterocycles. The first-order chi connectivity index (χ1) is 15.5. The third-order valence-electron chi connectivity index (χ3n) is 4.96. The predicted molar refractivity (Wildman–Crippen MR) is 129 cm³/mol. The molecule has 0 heterocycles. The molecule has 0 saturated heterocycles. The maximum atomic E-state index is 13.4. The second-order valence-corrected chi connectivity index (χ2v) is 10.2. The molecule has 0 aliphatic heterocycles. The van der Waals surface area contributed by atoms with Crippen LogP contribution in [0.25, 0.3) is 0 Å². The van der Waals surface area contributed by atoms with Gasteiger partial charge in [0, 0.05) is 25.7 Å². The molecule has 2 atom stereocenters. The Labute approximate surface area is 195 Å². The van der Waals surface area contributed by atoms with E-state index in [9.17, 15) is 23.4 Å². The fourth-order valence-electron chi connectivity index (χ4n) is 3.30. The number of phenols is 1. The van der Waals surface area contributed by atoms with Crippen LogP contribution in [0.1, 0.15) is 26.3 Å². The molecule has 0 aliphatic rings. The van der Waals surface area contributed by atoms with Crippen molar-refractivity contribution in [1.29, 1.82) is 0 Å². The van der Waals surface area contributed by atoms with Crippen molar-refractivity contribution in [1.82, 2.24) is 9.62 Å². The van der Waals surface area contributed by atoms with Gasteiger partial charge in [-0.3, -0.25) is 0 Å². The largest absolute Gasteiger partial charge is 0.506 e. The van der Waals surface area contributed by atoms with Crippen LogP contribution in [0, 0.1) is 5.92 Å². The van der Waals surface area contributed by atoms with Crippen molar-refractivity contribution in [3.8, 4) is 5.75 Å². The van der Waals surface area contributed by atoms with Crippen molar-refractivity contribution in [2.24, 2.45) is 11.7 Å². The van der Waals surface area contributed by atoms with Gasteiger partial charge in [-0.25, -0.2) is 13.2 Å². The van der Waals surface area contributed by atoms with Gasteiger partial charge in [0.25, 0.3) is 0 Å². The van der Waals surface area contributed by atoms with Crippen molar-refractivity contribution in [3.63, 3.8) is 0 Å². The van der Waals surface area contributed by atoms with Crippen LogP contribution in [0.5, 0.6) is 5.75 Å². The van der Waals surface area contributed by atoms with Crippen LogP contribution < -0.4 is 16.4 Å². The first-order valence-electron chi connectivity index (χ1n) is 10.9. The number of nitrogens with one attached hydrogen (secondary N) is 2. The van der Waals surface area contributed by atoms with Gasteiger partial charge < -0.3 is 26.6 Å². The van der Waals surface area contributed by atoms with E-state index in [1.807, 2.05) is 44.2 Å². The normalized spacial score (nSPS) is 13.7. The number of hydrogen-bond acceptors (Lipinski definition) is 6. The van der Waals surface area contributed by atoms with Gasteiger partial charge in [-0.2, -0.15) is 4.31 Å². The Bertz CT molecular complexity index is 1010. The van der Waals surface area contributed by atoms with Gasteiger partial charge >= 0.3 is 6.03 Å². The zero-order chi connectivity index (χ0) is 24.6. The first kappa shape index (κ1) is 26.6. The fourth-order valence-corrected chi connectivity index (χ4v) is 4.94. The summed E-state index contributed by atoms with van der Waals surface area (Å²) in [5, 5.41) is 25.7.